The first-order valence-corrected chi connectivity index (χ1v) is 14.4. The van der Waals surface area contributed by atoms with Gasteiger partial charge in [0.1, 0.15) is 11.9 Å². The van der Waals surface area contributed by atoms with Gasteiger partial charge in [0.15, 0.2) is 0 Å². The average molecular weight is 571 g/mol. The maximum atomic E-state index is 12.7. The van der Waals surface area contributed by atoms with Crippen LogP contribution < -0.4 is 10.6 Å². The van der Waals surface area contributed by atoms with Gasteiger partial charge in [0.25, 0.3) is 0 Å². The van der Waals surface area contributed by atoms with Crippen LogP contribution in [0.15, 0.2) is 77.1 Å². The van der Waals surface area contributed by atoms with E-state index in [1.807, 2.05) is 12.1 Å². The second-order valence-corrected chi connectivity index (χ2v) is 11.0. The molecule has 3 fully saturated rings. The third-order valence-electron chi connectivity index (χ3n) is 7.82. The second kappa shape index (κ2) is 11.3. The lowest BCUT2D eigenvalue weighted by molar-refractivity contribution is -0.00869. The predicted molar refractivity (Wildman–Crippen MR) is 158 cm³/mol. The number of thioether (sulfide) groups is 1. The minimum absolute atomic E-state index is 0.310. The Balaban J connectivity index is 1.23. The van der Waals surface area contributed by atoms with Gasteiger partial charge in [-0.2, -0.15) is 19.1 Å². The van der Waals surface area contributed by atoms with Gasteiger partial charge >= 0.3 is 6.55 Å². The number of hydrogen-bond donors (Lipinski definition) is 1. The number of aromatic nitrogens is 3. The number of benzene rings is 1. The Morgan fingerprint density at radius 1 is 1.20 bits per heavy atom. The van der Waals surface area contributed by atoms with Gasteiger partial charge in [-0.25, -0.2) is 14.5 Å². The summed E-state index contributed by atoms with van der Waals surface area (Å²) in [4.78, 5) is 14.2. The van der Waals surface area contributed by atoms with Gasteiger partial charge in [-0.05, 0) is 48.6 Å². The molecule has 41 heavy (non-hydrogen) atoms. The van der Waals surface area contributed by atoms with E-state index in [1.54, 1.807) is 34.7 Å². The Morgan fingerprint density at radius 3 is 2.61 bits per heavy atom. The lowest BCUT2D eigenvalue weighted by Gasteiger charge is -2.56. The fourth-order valence-electron chi connectivity index (χ4n) is 5.74. The number of nitrogens with two attached hydrogens (primary N) is 1. The molecule has 0 aliphatic carbocycles. The standard InChI is InChI=1S/C30H28F2N8S/c1-41-26-5-2-19(3-6-26)15-39-24-9-25(39)18-38(17-24)28-7-4-20(12-35-28)27-8-21(22(10-33)13-36-30(31)32)16-40-29(27)23(11-34)14-37-40/h2-8,10,12-14,16,24-25,30H,9,15,17-18,33H2,1H3. The molecule has 0 saturated carbocycles. The van der Waals surface area contributed by atoms with E-state index in [0.29, 0.717) is 39.9 Å². The minimum atomic E-state index is -2.85. The molecule has 11 heteroatoms. The van der Waals surface area contributed by atoms with Crippen molar-refractivity contribution in [1.82, 2.24) is 19.5 Å². The lowest BCUT2D eigenvalue weighted by atomic mass is 9.86. The maximum absolute atomic E-state index is 12.7. The summed E-state index contributed by atoms with van der Waals surface area (Å²) in [7, 11) is 0. The number of rotatable bonds is 8. The molecule has 7 rings (SSSR count). The highest BCUT2D eigenvalue weighted by molar-refractivity contribution is 7.98. The Morgan fingerprint density at radius 2 is 1.98 bits per heavy atom. The van der Waals surface area contributed by atoms with Crippen molar-refractivity contribution in [3.63, 3.8) is 0 Å². The molecular weight excluding hydrogens is 542 g/mol. The summed E-state index contributed by atoms with van der Waals surface area (Å²) in [6, 6.07) is 17.7. The van der Waals surface area contributed by atoms with Crippen molar-refractivity contribution in [1.29, 1.82) is 5.26 Å². The zero-order valence-electron chi connectivity index (χ0n) is 22.4. The summed E-state index contributed by atoms with van der Waals surface area (Å²) in [6.45, 7) is -0.0503. The number of hydrogen-bond acceptors (Lipinski definition) is 8. The molecule has 4 aromatic rings. The first-order chi connectivity index (χ1) is 20.0. The van der Waals surface area contributed by atoms with Crippen molar-refractivity contribution in [3.8, 4) is 17.2 Å². The first-order valence-electron chi connectivity index (χ1n) is 13.2. The van der Waals surface area contributed by atoms with E-state index in [9.17, 15) is 14.0 Å². The Labute approximate surface area is 240 Å². The number of piperazine rings is 1. The van der Waals surface area contributed by atoms with Crippen LogP contribution in [0, 0.1) is 11.3 Å². The molecule has 1 aromatic carbocycles. The summed E-state index contributed by atoms with van der Waals surface area (Å²) in [5, 5.41) is 14.0. The first kappa shape index (κ1) is 26.9. The molecule has 3 aromatic heterocycles. The van der Waals surface area contributed by atoms with E-state index in [-0.39, 0.29) is 0 Å². The lowest BCUT2D eigenvalue weighted by Crippen LogP contribution is -2.68. The number of halogens is 2. The average Bonchev–Trinajstić information content (AvgIpc) is 3.43. The Kier molecular flexibility index (Phi) is 7.43. The number of aliphatic imine (C=N–C) groups is 1. The summed E-state index contributed by atoms with van der Waals surface area (Å²) >= 11 is 1.76. The van der Waals surface area contributed by atoms with Gasteiger partial charge in [-0.3, -0.25) is 4.90 Å². The third kappa shape index (κ3) is 5.28. The van der Waals surface area contributed by atoms with Crippen molar-refractivity contribution >= 4 is 34.9 Å². The highest BCUT2D eigenvalue weighted by Gasteiger charge is 2.44. The largest absolute Gasteiger partial charge is 0.404 e. The molecule has 8 nitrogen and oxygen atoms in total. The van der Waals surface area contributed by atoms with Crippen molar-refractivity contribution in [3.05, 3.63) is 83.9 Å². The highest BCUT2D eigenvalue weighted by Crippen LogP contribution is 2.36. The molecule has 0 radical (unpaired) electrons. The van der Waals surface area contributed by atoms with E-state index < -0.39 is 6.55 Å². The van der Waals surface area contributed by atoms with Crippen molar-refractivity contribution in [2.24, 2.45) is 10.7 Å². The van der Waals surface area contributed by atoms with Crippen LogP contribution in [-0.4, -0.2) is 63.7 Å². The number of alkyl halides is 2. The molecule has 2 atom stereocenters. The summed E-state index contributed by atoms with van der Waals surface area (Å²) < 4.78 is 27.0. The Hall–Kier alpha value is -4.27. The molecule has 0 amide bonds. The summed E-state index contributed by atoms with van der Waals surface area (Å²) in [5.74, 6) is 0.903. The SMILES string of the molecule is CSc1ccc(CN2C3CC2CN(c2ccc(-c4cc(C(C=NC(F)F)=CN)cn5ncc(C#N)c45)cn2)C3)cc1. The van der Waals surface area contributed by atoms with Crippen LogP contribution in [0.1, 0.15) is 23.1 Å². The molecule has 2 unspecified atom stereocenters. The fourth-order valence-corrected chi connectivity index (χ4v) is 6.15. The molecular formula is C30H28F2N8S. The van der Waals surface area contributed by atoms with Crippen LogP contribution >= 0.6 is 11.8 Å². The van der Waals surface area contributed by atoms with Crippen LogP contribution in [0.4, 0.5) is 14.6 Å². The van der Waals surface area contributed by atoms with E-state index in [4.69, 9.17) is 10.7 Å². The van der Waals surface area contributed by atoms with E-state index in [1.165, 1.54) is 29.3 Å². The zero-order valence-corrected chi connectivity index (χ0v) is 23.2. The fraction of sp³-hybridized carbons (Fsp3) is 0.267. The van der Waals surface area contributed by atoms with Crippen molar-refractivity contribution in [2.75, 3.05) is 24.2 Å². The van der Waals surface area contributed by atoms with Gasteiger partial charge in [-0.1, -0.05) is 12.1 Å². The van der Waals surface area contributed by atoms with Crippen LogP contribution in [-0.2, 0) is 6.54 Å². The van der Waals surface area contributed by atoms with Gasteiger partial charge < -0.3 is 10.6 Å². The number of piperidine rings is 1. The number of nitrogens with zero attached hydrogens (tertiary/aromatic N) is 7. The predicted octanol–water partition coefficient (Wildman–Crippen LogP) is 5.05. The van der Waals surface area contributed by atoms with E-state index >= 15 is 0 Å². The van der Waals surface area contributed by atoms with Crippen molar-refractivity contribution < 1.29 is 8.78 Å². The smallest absolute Gasteiger partial charge is 0.331 e. The van der Waals surface area contributed by atoms with Gasteiger partial charge in [-0.15, -0.1) is 11.8 Å². The number of nitriles is 1. The summed E-state index contributed by atoms with van der Waals surface area (Å²) in [6.07, 6.45) is 10.5. The minimum Gasteiger partial charge on any atom is -0.404 e. The maximum Gasteiger partial charge on any atom is 0.331 e. The molecule has 2 N–H and O–H groups in total. The van der Waals surface area contributed by atoms with Crippen LogP contribution in [0.2, 0.25) is 0 Å². The van der Waals surface area contributed by atoms with Gasteiger partial charge in [0, 0.05) is 83.7 Å². The van der Waals surface area contributed by atoms with E-state index in [0.717, 1.165) is 37.2 Å². The molecule has 0 spiro atoms. The number of fused-ring (bicyclic) bond motifs is 3. The molecule has 3 aliphatic rings. The van der Waals surface area contributed by atoms with E-state index in [2.05, 4.69) is 56.5 Å². The molecule has 208 valence electrons. The highest BCUT2D eigenvalue weighted by atomic mass is 32.2. The second-order valence-electron chi connectivity index (χ2n) is 10.2. The number of allylic oxidation sites excluding steroid dienone is 1. The quantitative estimate of drug-likeness (QED) is 0.180. The molecule has 2 bridgehead atoms. The van der Waals surface area contributed by atoms with Gasteiger partial charge in [0.2, 0.25) is 0 Å². The summed E-state index contributed by atoms with van der Waals surface area (Å²) in [5.41, 5.74) is 10.4. The van der Waals surface area contributed by atoms with Gasteiger partial charge in [0.05, 0.1) is 17.3 Å². The number of anilines is 1. The Bertz CT molecular complexity index is 1650. The topological polar surface area (TPSA) is 98.8 Å². The normalized spacial score (nSPS) is 19.2. The number of pyridine rings is 2. The molecule has 6 heterocycles. The monoisotopic (exact) mass is 570 g/mol. The van der Waals surface area contributed by atoms with Crippen molar-refractivity contribution in [2.45, 2.75) is 36.5 Å². The zero-order chi connectivity index (χ0) is 28.5. The molecule has 3 saturated heterocycles. The van der Waals surface area contributed by atoms with Crippen LogP contribution in [0.25, 0.3) is 22.2 Å². The van der Waals surface area contributed by atoms with Crippen LogP contribution in [0.3, 0.4) is 0 Å². The van der Waals surface area contributed by atoms with Crippen LogP contribution in [0.5, 0.6) is 0 Å². The third-order valence-corrected chi connectivity index (χ3v) is 8.57. The molecule has 3 aliphatic heterocycles.